The van der Waals surface area contributed by atoms with Crippen molar-refractivity contribution in [1.29, 1.82) is 0 Å². The zero-order valence-electron chi connectivity index (χ0n) is 15.4. The van der Waals surface area contributed by atoms with Gasteiger partial charge in [-0.1, -0.05) is 37.3 Å². The van der Waals surface area contributed by atoms with Crippen LogP contribution < -0.4 is 5.32 Å². The normalized spacial score (nSPS) is 10.9. The first kappa shape index (κ1) is 18.7. The smallest absolute Gasteiger partial charge is 0.335 e. The number of rotatable bonds is 8. The molecule has 0 bridgehead atoms. The minimum absolute atomic E-state index is 0.00593. The largest absolute Gasteiger partial charge is 0.478 e. The number of hydrogen-bond donors (Lipinski definition) is 3. The molecule has 0 saturated carbocycles. The Hall–Kier alpha value is -3.08. The van der Waals surface area contributed by atoms with Crippen LogP contribution in [0, 0.1) is 0 Å². The third kappa shape index (κ3) is 4.56. The summed E-state index contributed by atoms with van der Waals surface area (Å²) < 4.78 is 0. The van der Waals surface area contributed by atoms with Crippen molar-refractivity contribution in [1.82, 2.24) is 10.3 Å². The van der Waals surface area contributed by atoms with E-state index in [0.29, 0.717) is 19.4 Å². The molecule has 1 amide bonds. The van der Waals surface area contributed by atoms with Crippen LogP contribution >= 0.6 is 0 Å². The van der Waals surface area contributed by atoms with Crippen LogP contribution in [0.25, 0.3) is 10.9 Å². The summed E-state index contributed by atoms with van der Waals surface area (Å²) in [6.45, 7) is 2.74. The Morgan fingerprint density at radius 2 is 1.81 bits per heavy atom. The lowest BCUT2D eigenvalue weighted by atomic mass is 10.1. The molecule has 2 aromatic carbocycles. The molecule has 0 radical (unpaired) electrons. The van der Waals surface area contributed by atoms with E-state index in [1.165, 1.54) is 22.0 Å². The second-order valence-corrected chi connectivity index (χ2v) is 6.61. The Morgan fingerprint density at radius 1 is 1.04 bits per heavy atom. The summed E-state index contributed by atoms with van der Waals surface area (Å²) in [7, 11) is 0. The molecular weight excluding hydrogens is 340 g/mol. The summed E-state index contributed by atoms with van der Waals surface area (Å²) in [5.74, 6) is -0.936. The van der Waals surface area contributed by atoms with E-state index in [1.807, 2.05) is 6.20 Å². The fraction of sp³-hybridized carbons (Fsp3) is 0.273. The number of amides is 1. The van der Waals surface area contributed by atoms with Gasteiger partial charge >= 0.3 is 5.97 Å². The molecule has 0 saturated heterocycles. The maximum absolute atomic E-state index is 12.1. The van der Waals surface area contributed by atoms with Crippen LogP contribution in [-0.4, -0.2) is 28.5 Å². The number of aromatic nitrogens is 1. The maximum atomic E-state index is 12.1. The predicted octanol–water partition coefficient (Wildman–Crippen LogP) is 3.72. The number of aryl methyl sites for hydroxylation is 2. The van der Waals surface area contributed by atoms with Crippen LogP contribution in [0.1, 0.15) is 40.4 Å². The highest BCUT2D eigenvalue weighted by molar-refractivity contribution is 5.87. The molecule has 1 aromatic heterocycles. The van der Waals surface area contributed by atoms with Gasteiger partial charge in [-0.3, -0.25) is 4.79 Å². The summed E-state index contributed by atoms with van der Waals surface area (Å²) in [6.07, 6.45) is 4.78. The topological polar surface area (TPSA) is 82.2 Å². The van der Waals surface area contributed by atoms with Crippen molar-refractivity contribution in [2.24, 2.45) is 0 Å². The zero-order valence-corrected chi connectivity index (χ0v) is 15.4. The van der Waals surface area contributed by atoms with E-state index in [0.717, 1.165) is 18.4 Å². The average molecular weight is 364 g/mol. The van der Waals surface area contributed by atoms with Gasteiger partial charge in [-0.05, 0) is 48.1 Å². The molecule has 0 aliphatic heterocycles. The number of carbonyl (C=O) groups is 2. The molecule has 0 spiro atoms. The van der Waals surface area contributed by atoms with Crippen molar-refractivity contribution in [3.05, 3.63) is 70.9 Å². The number of H-pyrrole nitrogens is 1. The van der Waals surface area contributed by atoms with Crippen LogP contribution in [0.15, 0.2) is 48.7 Å². The number of hydrogen-bond acceptors (Lipinski definition) is 2. The van der Waals surface area contributed by atoms with Crippen molar-refractivity contribution in [2.75, 3.05) is 6.54 Å². The number of carboxylic acids is 1. The number of para-hydroxylation sites is 1. The number of aromatic carboxylic acids is 1. The Bertz CT molecular complexity index is 942. The highest BCUT2D eigenvalue weighted by Crippen LogP contribution is 2.22. The van der Waals surface area contributed by atoms with Crippen molar-refractivity contribution in [3.63, 3.8) is 0 Å². The van der Waals surface area contributed by atoms with Gasteiger partial charge in [0.1, 0.15) is 0 Å². The van der Waals surface area contributed by atoms with E-state index in [4.69, 9.17) is 5.11 Å². The second-order valence-electron chi connectivity index (χ2n) is 6.61. The third-order valence-corrected chi connectivity index (χ3v) is 4.83. The summed E-state index contributed by atoms with van der Waals surface area (Å²) in [5, 5.41) is 13.1. The predicted molar refractivity (Wildman–Crippen MR) is 106 cm³/mol. The molecule has 0 atom stereocenters. The van der Waals surface area contributed by atoms with E-state index in [2.05, 4.69) is 35.4 Å². The van der Waals surface area contributed by atoms with Gasteiger partial charge in [0.05, 0.1) is 5.56 Å². The SMILES string of the molecule is CCc1cccc2c(CCNC(=O)CCc3ccc(C(=O)O)cc3)c[nH]c12. The second kappa shape index (κ2) is 8.54. The Labute approximate surface area is 158 Å². The van der Waals surface area contributed by atoms with Crippen LogP contribution in [0.4, 0.5) is 0 Å². The monoisotopic (exact) mass is 364 g/mol. The standard InChI is InChI=1S/C22H24N2O3/c1-2-16-4-3-5-19-18(14-24-21(16)19)12-13-23-20(25)11-8-15-6-9-17(10-7-15)22(26)27/h3-7,9-10,14,24H,2,8,11-13H2,1H3,(H,23,25)(H,26,27). The van der Waals surface area contributed by atoms with Crippen molar-refractivity contribution in [2.45, 2.75) is 32.6 Å². The van der Waals surface area contributed by atoms with Crippen molar-refractivity contribution < 1.29 is 14.7 Å². The van der Waals surface area contributed by atoms with Gasteiger partial charge in [-0.25, -0.2) is 4.79 Å². The number of carbonyl (C=O) groups excluding carboxylic acids is 1. The van der Waals surface area contributed by atoms with Gasteiger partial charge in [0.25, 0.3) is 0 Å². The number of fused-ring (bicyclic) bond motifs is 1. The quantitative estimate of drug-likeness (QED) is 0.570. The fourth-order valence-corrected chi connectivity index (χ4v) is 3.27. The molecule has 140 valence electrons. The highest BCUT2D eigenvalue weighted by Gasteiger charge is 2.08. The summed E-state index contributed by atoms with van der Waals surface area (Å²) in [6, 6.07) is 13.0. The summed E-state index contributed by atoms with van der Waals surface area (Å²) >= 11 is 0. The van der Waals surface area contributed by atoms with E-state index in [1.54, 1.807) is 24.3 Å². The van der Waals surface area contributed by atoms with E-state index >= 15 is 0 Å². The molecule has 5 nitrogen and oxygen atoms in total. The van der Waals surface area contributed by atoms with Crippen molar-refractivity contribution >= 4 is 22.8 Å². The number of carboxylic acid groups (broad SMARTS) is 1. The van der Waals surface area contributed by atoms with Crippen LogP contribution in [-0.2, 0) is 24.1 Å². The van der Waals surface area contributed by atoms with Gasteiger partial charge in [-0.2, -0.15) is 0 Å². The molecule has 0 aliphatic carbocycles. The molecule has 0 unspecified atom stereocenters. The lowest BCUT2D eigenvalue weighted by molar-refractivity contribution is -0.121. The Morgan fingerprint density at radius 3 is 2.52 bits per heavy atom. The van der Waals surface area contributed by atoms with E-state index in [9.17, 15) is 9.59 Å². The minimum atomic E-state index is -0.942. The molecular formula is C22H24N2O3. The third-order valence-electron chi connectivity index (χ3n) is 4.83. The molecule has 0 fully saturated rings. The van der Waals surface area contributed by atoms with E-state index in [-0.39, 0.29) is 11.5 Å². The maximum Gasteiger partial charge on any atom is 0.335 e. The number of aromatic amines is 1. The lowest BCUT2D eigenvalue weighted by Crippen LogP contribution is -2.25. The molecule has 3 N–H and O–H groups in total. The first-order valence-electron chi connectivity index (χ1n) is 9.25. The summed E-state index contributed by atoms with van der Waals surface area (Å²) in [4.78, 5) is 26.3. The van der Waals surface area contributed by atoms with E-state index < -0.39 is 5.97 Å². The van der Waals surface area contributed by atoms with Gasteiger partial charge < -0.3 is 15.4 Å². The summed E-state index contributed by atoms with van der Waals surface area (Å²) in [5.41, 5.74) is 4.92. The number of nitrogens with one attached hydrogen (secondary N) is 2. The fourth-order valence-electron chi connectivity index (χ4n) is 3.27. The highest BCUT2D eigenvalue weighted by atomic mass is 16.4. The van der Waals surface area contributed by atoms with Gasteiger partial charge in [0, 0.05) is 30.1 Å². The molecule has 1 heterocycles. The molecule has 3 aromatic rings. The lowest BCUT2D eigenvalue weighted by Gasteiger charge is -2.06. The number of benzene rings is 2. The first-order chi connectivity index (χ1) is 13.1. The average Bonchev–Trinajstić information content (AvgIpc) is 3.10. The van der Waals surface area contributed by atoms with Gasteiger partial charge in [0.2, 0.25) is 5.91 Å². The molecule has 0 aliphatic rings. The zero-order chi connectivity index (χ0) is 19.2. The Kier molecular flexibility index (Phi) is 5.91. The van der Waals surface area contributed by atoms with Gasteiger partial charge in [0.15, 0.2) is 0 Å². The first-order valence-corrected chi connectivity index (χ1v) is 9.25. The molecule has 3 rings (SSSR count). The molecule has 5 heteroatoms. The van der Waals surface area contributed by atoms with Crippen molar-refractivity contribution in [3.8, 4) is 0 Å². The van der Waals surface area contributed by atoms with Gasteiger partial charge in [-0.15, -0.1) is 0 Å². The van der Waals surface area contributed by atoms with Crippen LogP contribution in [0.2, 0.25) is 0 Å². The minimum Gasteiger partial charge on any atom is -0.478 e. The Balaban J connectivity index is 1.48. The van der Waals surface area contributed by atoms with Crippen LogP contribution in [0.3, 0.4) is 0 Å². The van der Waals surface area contributed by atoms with Crippen LogP contribution in [0.5, 0.6) is 0 Å². The molecule has 27 heavy (non-hydrogen) atoms.